The summed E-state index contributed by atoms with van der Waals surface area (Å²) in [7, 11) is 0. The molecule has 0 bridgehead atoms. The Balaban J connectivity index is 2.44. The van der Waals surface area contributed by atoms with Crippen molar-refractivity contribution in [1.82, 2.24) is 0 Å². The van der Waals surface area contributed by atoms with Crippen molar-refractivity contribution in [2.45, 2.75) is 25.1 Å². The van der Waals surface area contributed by atoms with Crippen LogP contribution in [0, 0.1) is 0 Å². The zero-order valence-electron chi connectivity index (χ0n) is 9.75. The van der Waals surface area contributed by atoms with Crippen molar-refractivity contribution in [2.75, 3.05) is 11.4 Å². The van der Waals surface area contributed by atoms with Gasteiger partial charge >= 0.3 is 12.1 Å². The average Bonchev–Trinajstić information content (AvgIpc) is 3.08. The van der Waals surface area contributed by atoms with Crippen LogP contribution in [-0.4, -0.2) is 23.7 Å². The van der Waals surface area contributed by atoms with Gasteiger partial charge in [-0.1, -0.05) is 15.9 Å². The highest BCUT2D eigenvalue weighted by atomic mass is 79.9. The zero-order valence-corrected chi connectivity index (χ0v) is 11.3. The molecule has 2 rings (SSSR count). The van der Waals surface area contributed by atoms with Gasteiger partial charge < -0.3 is 10.0 Å². The lowest BCUT2D eigenvalue weighted by Crippen LogP contribution is -2.33. The van der Waals surface area contributed by atoms with Crippen molar-refractivity contribution in [3.05, 3.63) is 28.2 Å². The number of aliphatic carboxylic acids is 1. The number of benzene rings is 1. The van der Waals surface area contributed by atoms with Crippen molar-refractivity contribution >= 4 is 27.6 Å². The Kier molecular flexibility index (Phi) is 3.75. The maximum Gasteiger partial charge on any atom is 0.418 e. The van der Waals surface area contributed by atoms with Gasteiger partial charge in [-0.15, -0.1) is 0 Å². The molecule has 104 valence electrons. The second-order valence-electron chi connectivity index (χ2n) is 4.41. The van der Waals surface area contributed by atoms with E-state index in [-0.39, 0.29) is 11.7 Å². The van der Waals surface area contributed by atoms with Gasteiger partial charge in [-0.25, -0.2) is 0 Å². The molecule has 0 heterocycles. The maximum absolute atomic E-state index is 13.0. The SMILES string of the molecule is O=C(O)CN(c1ccc(Br)cc1C(F)(F)F)C1CC1. The summed E-state index contributed by atoms with van der Waals surface area (Å²) in [6.07, 6.45) is -3.06. The van der Waals surface area contributed by atoms with Gasteiger partial charge in [-0.2, -0.15) is 13.2 Å². The minimum Gasteiger partial charge on any atom is -0.480 e. The Bertz CT molecular complexity index is 500. The molecule has 0 amide bonds. The number of anilines is 1. The second kappa shape index (κ2) is 5.03. The van der Waals surface area contributed by atoms with E-state index in [4.69, 9.17) is 5.11 Å². The summed E-state index contributed by atoms with van der Waals surface area (Å²) in [5, 5.41) is 8.84. The number of alkyl halides is 3. The maximum atomic E-state index is 13.0. The molecule has 1 aliphatic carbocycles. The zero-order chi connectivity index (χ0) is 14.2. The summed E-state index contributed by atoms with van der Waals surface area (Å²) in [5.41, 5.74) is -0.879. The Hall–Kier alpha value is -1.24. The van der Waals surface area contributed by atoms with Crippen LogP contribution < -0.4 is 4.90 Å². The third kappa shape index (κ3) is 3.40. The van der Waals surface area contributed by atoms with Crippen LogP contribution in [0.2, 0.25) is 0 Å². The molecule has 19 heavy (non-hydrogen) atoms. The average molecular weight is 338 g/mol. The molecule has 0 aromatic heterocycles. The van der Waals surface area contributed by atoms with Crippen LogP contribution in [0.15, 0.2) is 22.7 Å². The Morgan fingerprint density at radius 2 is 2.05 bits per heavy atom. The monoisotopic (exact) mass is 337 g/mol. The second-order valence-corrected chi connectivity index (χ2v) is 5.33. The highest BCUT2D eigenvalue weighted by Crippen LogP contribution is 2.41. The molecule has 1 aliphatic rings. The summed E-state index contributed by atoms with van der Waals surface area (Å²) < 4.78 is 39.4. The van der Waals surface area contributed by atoms with Crippen LogP contribution in [0.5, 0.6) is 0 Å². The fraction of sp³-hybridized carbons (Fsp3) is 0.417. The highest BCUT2D eigenvalue weighted by Gasteiger charge is 2.39. The van der Waals surface area contributed by atoms with Crippen LogP contribution >= 0.6 is 15.9 Å². The summed E-state index contributed by atoms with van der Waals surface area (Å²) in [6, 6.07) is 3.67. The van der Waals surface area contributed by atoms with Gasteiger partial charge in [0.05, 0.1) is 5.56 Å². The lowest BCUT2D eigenvalue weighted by atomic mass is 10.1. The van der Waals surface area contributed by atoms with E-state index in [2.05, 4.69) is 15.9 Å². The van der Waals surface area contributed by atoms with E-state index in [1.807, 2.05) is 0 Å². The summed E-state index contributed by atoms with van der Waals surface area (Å²) in [4.78, 5) is 12.1. The minimum absolute atomic E-state index is 0.0689. The van der Waals surface area contributed by atoms with Gasteiger partial charge in [0.15, 0.2) is 0 Å². The van der Waals surface area contributed by atoms with Crippen molar-refractivity contribution in [3.63, 3.8) is 0 Å². The largest absolute Gasteiger partial charge is 0.480 e. The van der Waals surface area contributed by atoms with Crippen LogP contribution in [0.4, 0.5) is 18.9 Å². The Morgan fingerprint density at radius 1 is 1.42 bits per heavy atom. The van der Waals surface area contributed by atoms with Crippen molar-refractivity contribution in [2.24, 2.45) is 0 Å². The van der Waals surface area contributed by atoms with Crippen molar-refractivity contribution < 1.29 is 23.1 Å². The quantitative estimate of drug-likeness (QED) is 0.913. The van der Waals surface area contributed by atoms with Crippen molar-refractivity contribution in [1.29, 1.82) is 0 Å². The molecular weight excluding hydrogens is 327 g/mol. The fourth-order valence-electron chi connectivity index (χ4n) is 1.93. The Morgan fingerprint density at radius 3 is 2.53 bits per heavy atom. The first-order chi connectivity index (χ1) is 8.79. The van der Waals surface area contributed by atoms with E-state index in [9.17, 15) is 18.0 Å². The molecule has 0 aliphatic heterocycles. The first kappa shape index (κ1) is 14.2. The summed E-state index contributed by atoms with van der Waals surface area (Å²) in [5.74, 6) is -1.14. The molecular formula is C12H11BrF3NO2. The predicted molar refractivity (Wildman–Crippen MR) is 67.1 cm³/mol. The number of carbonyl (C=O) groups is 1. The number of carboxylic acids is 1. The van der Waals surface area contributed by atoms with E-state index < -0.39 is 24.3 Å². The van der Waals surface area contributed by atoms with E-state index in [1.54, 1.807) is 0 Å². The van der Waals surface area contributed by atoms with Gasteiger partial charge in [0.2, 0.25) is 0 Å². The molecule has 1 saturated carbocycles. The lowest BCUT2D eigenvalue weighted by Gasteiger charge is -2.26. The predicted octanol–water partition coefficient (Wildman–Crippen LogP) is 3.52. The van der Waals surface area contributed by atoms with E-state index >= 15 is 0 Å². The normalized spacial score (nSPS) is 15.4. The van der Waals surface area contributed by atoms with Gasteiger partial charge in [0, 0.05) is 16.2 Å². The molecule has 1 N–H and O–H groups in total. The van der Waals surface area contributed by atoms with Gasteiger partial charge in [-0.3, -0.25) is 4.79 Å². The summed E-state index contributed by atoms with van der Waals surface area (Å²) >= 11 is 3.01. The van der Waals surface area contributed by atoms with Crippen LogP contribution in [0.3, 0.4) is 0 Å². The molecule has 1 aromatic rings. The van der Waals surface area contributed by atoms with E-state index in [1.165, 1.54) is 17.0 Å². The lowest BCUT2D eigenvalue weighted by molar-refractivity contribution is -0.138. The van der Waals surface area contributed by atoms with E-state index in [0.717, 1.165) is 18.9 Å². The molecule has 3 nitrogen and oxygen atoms in total. The molecule has 1 fully saturated rings. The molecule has 0 spiro atoms. The first-order valence-electron chi connectivity index (χ1n) is 5.64. The molecule has 0 saturated heterocycles. The number of hydrogen-bond donors (Lipinski definition) is 1. The smallest absolute Gasteiger partial charge is 0.418 e. The third-order valence-electron chi connectivity index (χ3n) is 2.87. The number of hydrogen-bond acceptors (Lipinski definition) is 2. The molecule has 1 aromatic carbocycles. The molecule has 0 unspecified atom stereocenters. The molecule has 0 radical (unpaired) electrons. The fourth-order valence-corrected chi connectivity index (χ4v) is 2.29. The molecule has 0 atom stereocenters. The van der Waals surface area contributed by atoms with Crippen molar-refractivity contribution in [3.8, 4) is 0 Å². The number of nitrogens with zero attached hydrogens (tertiary/aromatic N) is 1. The van der Waals surface area contributed by atoms with Crippen LogP contribution in [0.1, 0.15) is 18.4 Å². The standard InChI is InChI=1S/C12H11BrF3NO2/c13-7-1-4-10(9(5-7)12(14,15)16)17(6-11(18)19)8-2-3-8/h1,4-5,8H,2-3,6H2,(H,18,19). The summed E-state index contributed by atoms with van der Waals surface area (Å²) in [6.45, 7) is -0.421. The Labute approximate surface area is 116 Å². The first-order valence-corrected chi connectivity index (χ1v) is 6.43. The topological polar surface area (TPSA) is 40.5 Å². The van der Waals surface area contributed by atoms with Gasteiger partial charge in [0.1, 0.15) is 6.54 Å². The number of rotatable bonds is 4. The number of halogens is 4. The minimum atomic E-state index is -4.51. The van der Waals surface area contributed by atoms with Crippen LogP contribution in [0.25, 0.3) is 0 Å². The van der Waals surface area contributed by atoms with Gasteiger partial charge in [-0.05, 0) is 31.0 Å². The van der Waals surface area contributed by atoms with Crippen LogP contribution in [-0.2, 0) is 11.0 Å². The molecule has 7 heteroatoms. The number of carboxylic acid groups (broad SMARTS) is 1. The van der Waals surface area contributed by atoms with E-state index in [0.29, 0.717) is 4.47 Å². The van der Waals surface area contributed by atoms with Gasteiger partial charge in [0.25, 0.3) is 0 Å². The highest BCUT2D eigenvalue weighted by molar-refractivity contribution is 9.10. The third-order valence-corrected chi connectivity index (χ3v) is 3.36.